The van der Waals surface area contributed by atoms with Gasteiger partial charge in [0, 0.05) is 32.3 Å². The van der Waals surface area contributed by atoms with Crippen LogP contribution in [0.3, 0.4) is 0 Å². The van der Waals surface area contributed by atoms with Crippen LogP contribution in [0.15, 0.2) is 47.5 Å². The summed E-state index contributed by atoms with van der Waals surface area (Å²) in [5.41, 5.74) is 0.796. The van der Waals surface area contributed by atoms with Gasteiger partial charge >= 0.3 is 0 Å². The van der Waals surface area contributed by atoms with Crippen LogP contribution in [0.1, 0.15) is 30.2 Å². The minimum Gasteiger partial charge on any atom is -0.390 e. The largest absolute Gasteiger partial charge is 0.390 e. The highest BCUT2D eigenvalue weighted by molar-refractivity contribution is 5.18. The van der Waals surface area contributed by atoms with Crippen molar-refractivity contribution in [2.75, 3.05) is 19.6 Å². The summed E-state index contributed by atoms with van der Waals surface area (Å²) in [5, 5.41) is 21.4. The molecule has 2 heterocycles. The van der Waals surface area contributed by atoms with Gasteiger partial charge in [0.25, 0.3) is 5.56 Å². The quantitative estimate of drug-likeness (QED) is 0.748. The lowest BCUT2D eigenvalue weighted by atomic mass is 9.91. The molecule has 6 heteroatoms. The maximum absolute atomic E-state index is 11.1. The van der Waals surface area contributed by atoms with Gasteiger partial charge in [0.15, 0.2) is 0 Å². The maximum Gasteiger partial charge on any atom is 0.266 e. The summed E-state index contributed by atoms with van der Waals surface area (Å²) in [5.74, 6) is 0.943. The van der Waals surface area contributed by atoms with E-state index >= 15 is 0 Å². The summed E-state index contributed by atoms with van der Waals surface area (Å²) in [6.45, 7) is 2.29. The summed E-state index contributed by atoms with van der Waals surface area (Å²) < 4.78 is 0. The number of hydrogen-bond donors (Lipinski definition) is 3. The molecule has 0 spiro atoms. The highest BCUT2D eigenvalue weighted by atomic mass is 16.3. The molecule has 6 nitrogen and oxygen atoms in total. The van der Waals surface area contributed by atoms with Crippen LogP contribution in [0.4, 0.5) is 0 Å². The van der Waals surface area contributed by atoms with Gasteiger partial charge in [-0.1, -0.05) is 30.3 Å². The van der Waals surface area contributed by atoms with Gasteiger partial charge in [-0.25, -0.2) is 0 Å². The van der Waals surface area contributed by atoms with Crippen molar-refractivity contribution in [1.82, 2.24) is 14.9 Å². The molecule has 0 amide bonds. The van der Waals surface area contributed by atoms with E-state index < -0.39 is 11.7 Å². The van der Waals surface area contributed by atoms with E-state index in [4.69, 9.17) is 0 Å². The minimum absolute atomic E-state index is 0.269. The zero-order valence-electron chi connectivity index (χ0n) is 14.7. The SMILES string of the molecule is O=c1cnc([C@H](O)CN2C[C@@H]3CC(O)(Cc4ccccc4)C[C@H]3C2)c[nH]1. The summed E-state index contributed by atoms with van der Waals surface area (Å²) in [7, 11) is 0. The van der Waals surface area contributed by atoms with Gasteiger partial charge < -0.3 is 15.2 Å². The third-order valence-corrected chi connectivity index (χ3v) is 5.78. The van der Waals surface area contributed by atoms with Gasteiger partial charge in [-0.2, -0.15) is 0 Å². The zero-order chi connectivity index (χ0) is 18.1. The van der Waals surface area contributed by atoms with Crippen molar-refractivity contribution in [2.24, 2.45) is 11.8 Å². The molecule has 2 aromatic rings. The molecule has 2 fully saturated rings. The number of aromatic nitrogens is 2. The number of β-amino-alcohol motifs (C(OH)–C–C–N with tert-alkyl or cyclic N) is 1. The topological polar surface area (TPSA) is 89.4 Å². The lowest BCUT2D eigenvalue weighted by Crippen LogP contribution is -2.33. The number of rotatable bonds is 5. The van der Waals surface area contributed by atoms with Crippen LogP contribution in [-0.2, 0) is 6.42 Å². The molecule has 1 aromatic carbocycles. The number of nitrogens with one attached hydrogen (secondary N) is 1. The van der Waals surface area contributed by atoms with E-state index in [0.29, 0.717) is 30.5 Å². The number of nitrogens with zero attached hydrogens (tertiary/aromatic N) is 2. The maximum atomic E-state index is 11.1. The first-order valence-electron chi connectivity index (χ1n) is 9.22. The first-order valence-corrected chi connectivity index (χ1v) is 9.22. The summed E-state index contributed by atoms with van der Waals surface area (Å²) in [6, 6.07) is 10.2. The highest BCUT2D eigenvalue weighted by Crippen LogP contribution is 2.45. The van der Waals surface area contributed by atoms with Gasteiger partial charge in [-0.15, -0.1) is 0 Å². The summed E-state index contributed by atoms with van der Waals surface area (Å²) in [6.07, 6.45) is 4.30. The van der Waals surface area contributed by atoms with E-state index in [9.17, 15) is 15.0 Å². The predicted molar refractivity (Wildman–Crippen MR) is 97.6 cm³/mol. The fraction of sp³-hybridized carbons (Fsp3) is 0.500. The molecule has 138 valence electrons. The number of likely N-dealkylation sites (tertiary alicyclic amines) is 1. The monoisotopic (exact) mass is 355 g/mol. The number of aromatic amines is 1. The Morgan fingerprint density at radius 2 is 1.92 bits per heavy atom. The average molecular weight is 355 g/mol. The van der Waals surface area contributed by atoms with E-state index in [1.165, 1.54) is 18.0 Å². The number of aliphatic hydroxyl groups excluding tert-OH is 1. The molecule has 0 bridgehead atoms. The minimum atomic E-state index is -0.714. The van der Waals surface area contributed by atoms with Crippen molar-refractivity contribution in [2.45, 2.75) is 31.0 Å². The van der Waals surface area contributed by atoms with Gasteiger partial charge in [-0.3, -0.25) is 14.7 Å². The Bertz CT molecular complexity index is 773. The molecule has 2 aliphatic rings. The highest BCUT2D eigenvalue weighted by Gasteiger charge is 2.48. The van der Waals surface area contributed by atoms with E-state index in [2.05, 4.69) is 27.0 Å². The molecule has 3 atom stereocenters. The summed E-state index contributed by atoms with van der Waals surface area (Å²) in [4.78, 5) is 19.9. The molecule has 0 unspecified atom stereocenters. The molecule has 0 radical (unpaired) electrons. The van der Waals surface area contributed by atoms with Gasteiger partial charge in [-0.05, 0) is 30.2 Å². The van der Waals surface area contributed by atoms with Crippen LogP contribution < -0.4 is 5.56 Å². The third kappa shape index (κ3) is 3.72. The number of aliphatic hydroxyl groups is 2. The molecular formula is C20H25N3O3. The van der Waals surface area contributed by atoms with Crippen LogP contribution >= 0.6 is 0 Å². The fourth-order valence-corrected chi connectivity index (χ4v) is 4.70. The second-order valence-corrected chi connectivity index (χ2v) is 7.89. The van der Waals surface area contributed by atoms with Crippen molar-refractivity contribution in [1.29, 1.82) is 0 Å². The van der Waals surface area contributed by atoms with Gasteiger partial charge in [0.05, 0.1) is 17.5 Å². The number of H-pyrrole nitrogens is 1. The lowest BCUT2D eigenvalue weighted by molar-refractivity contribution is 0.0327. The van der Waals surface area contributed by atoms with Crippen molar-refractivity contribution < 1.29 is 10.2 Å². The standard InChI is InChI=1S/C20H25N3O3/c24-18(17-9-22-19(25)10-21-17)13-23-11-15-7-20(26,8-16(15)12-23)6-14-4-2-1-3-5-14/h1-5,9-10,15-16,18,24,26H,6-8,11-13H2,(H,22,25)/t15-,16-,18+/m0/s1. The van der Waals surface area contributed by atoms with Crippen LogP contribution in [-0.4, -0.2) is 50.3 Å². The molecule has 1 saturated carbocycles. The molecule has 1 aliphatic heterocycles. The van der Waals surface area contributed by atoms with E-state index in [-0.39, 0.29) is 5.56 Å². The first-order chi connectivity index (χ1) is 12.5. The van der Waals surface area contributed by atoms with Crippen LogP contribution in [0.25, 0.3) is 0 Å². The number of hydrogen-bond acceptors (Lipinski definition) is 5. The molecule has 1 aromatic heterocycles. The molecule has 4 rings (SSSR count). The second kappa shape index (κ2) is 6.95. The number of benzene rings is 1. The Morgan fingerprint density at radius 3 is 2.54 bits per heavy atom. The van der Waals surface area contributed by atoms with Crippen molar-refractivity contribution in [3.8, 4) is 0 Å². The van der Waals surface area contributed by atoms with E-state index in [1.807, 2.05) is 18.2 Å². The van der Waals surface area contributed by atoms with E-state index in [0.717, 1.165) is 25.9 Å². The predicted octanol–water partition coefficient (Wildman–Crippen LogP) is 1.12. The second-order valence-electron chi connectivity index (χ2n) is 7.89. The lowest BCUT2D eigenvalue weighted by Gasteiger charge is -2.26. The Labute approximate surface area is 152 Å². The molecular weight excluding hydrogens is 330 g/mol. The van der Waals surface area contributed by atoms with Crippen molar-refractivity contribution in [3.05, 3.63) is 64.3 Å². The Hall–Kier alpha value is -2.02. The van der Waals surface area contributed by atoms with Crippen LogP contribution in [0.2, 0.25) is 0 Å². The molecule has 26 heavy (non-hydrogen) atoms. The zero-order valence-corrected chi connectivity index (χ0v) is 14.7. The van der Waals surface area contributed by atoms with Gasteiger partial charge in [0.1, 0.15) is 6.10 Å². The Kier molecular flexibility index (Phi) is 4.65. The van der Waals surface area contributed by atoms with Crippen molar-refractivity contribution >= 4 is 0 Å². The van der Waals surface area contributed by atoms with Gasteiger partial charge in [0.2, 0.25) is 0 Å². The average Bonchev–Trinajstić information content (AvgIpc) is 3.10. The number of fused-ring (bicyclic) bond motifs is 1. The normalized spacial score (nSPS) is 25.9. The van der Waals surface area contributed by atoms with Crippen LogP contribution in [0.5, 0.6) is 0 Å². The first kappa shape index (κ1) is 17.4. The Morgan fingerprint density at radius 1 is 1.23 bits per heavy atom. The molecule has 3 N–H and O–H groups in total. The molecule has 1 aliphatic carbocycles. The summed E-state index contributed by atoms with van der Waals surface area (Å²) >= 11 is 0. The smallest absolute Gasteiger partial charge is 0.266 e. The van der Waals surface area contributed by atoms with Crippen LogP contribution in [0, 0.1) is 11.8 Å². The molecule has 1 saturated heterocycles. The Balaban J connectivity index is 1.33. The third-order valence-electron chi connectivity index (χ3n) is 5.78. The fourth-order valence-electron chi connectivity index (χ4n) is 4.70. The van der Waals surface area contributed by atoms with E-state index in [1.54, 1.807) is 0 Å². The van der Waals surface area contributed by atoms with Crippen molar-refractivity contribution in [3.63, 3.8) is 0 Å².